The monoisotopic (exact) mass is 294 g/mol. The lowest BCUT2D eigenvalue weighted by atomic mass is 10.1. The second-order valence-electron chi connectivity index (χ2n) is 4.98. The van der Waals surface area contributed by atoms with Crippen LogP contribution in [0.4, 0.5) is 4.39 Å². The van der Waals surface area contributed by atoms with Crippen molar-refractivity contribution in [1.29, 1.82) is 0 Å². The van der Waals surface area contributed by atoms with E-state index in [9.17, 15) is 9.18 Å². The number of hydrogen-bond acceptors (Lipinski definition) is 2. The van der Waals surface area contributed by atoms with Gasteiger partial charge in [0.15, 0.2) is 0 Å². The number of benzene rings is 1. The Morgan fingerprint density at radius 1 is 1.29 bits per heavy atom. The lowest BCUT2D eigenvalue weighted by Gasteiger charge is -2.08. The van der Waals surface area contributed by atoms with Gasteiger partial charge in [-0.2, -0.15) is 0 Å². The highest BCUT2D eigenvalue weighted by molar-refractivity contribution is 5.85. The lowest BCUT2D eigenvalue weighted by molar-refractivity contribution is -0.131. The summed E-state index contributed by atoms with van der Waals surface area (Å²) in [6.45, 7) is 3.22. The summed E-state index contributed by atoms with van der Waals surface area (Å²) in [5.41, 5.74) is 1.34. The van der Waals surface area contributed by atoms with E-state index in [1.54, 1.807) is 6.07 Å². The summed E-state index contributed by atoms with van der Waals surface area (Å²) in [6.07, 6.45) is 8.26. The Balaban J connectivity index is 2.45. The molecular weight excluding hydrogens is 271 g/mol. The van der Waals surface area contributed by atoms with Gasteiger partial charge in [-0.25, -0.2) is 9.18 Å². The predicted molar refractivity (Wildman–Crippen MR) is 81.5 cm³/mol. The van der Waals surface area contributed by atoms with Crippen LogP contribution in [-0.2, 0) is 16.1 Å². The molecule has 0 aromatic heterocycles. The number of carboxylic acid groups (broad SMARTS) is 1. The number of carboxylic acids is 1. The third kappa shape index (κ3) is 7.61. The van der Waals surface area contributed by atoms with Gasteiger partial charge in [0, 0.05) is 12.7 Å². The molecule has 0 saturated heterocycles. The quantitative estimate of drug-likeness (QED) is 0.513. The minimum absolute atomic E-state index is 0.368. The van der Waals surface area contributed by atoms with E-state index in [1.807, 2.05) is 0 Å². The van der Waals surface area contributed by atoms with E-state index in [0.29, 0.717) is 18.8 Å². The molecule has 0 heterocycles. The Bertz CT molecular complexity index is 469. The molecule has 0 atom stereocenters. The number of rotatable bonds is 10. The van der Waals surface area contributed by atoms with Gasteiger partial charge in [-0.3, -0.25) is 0 Å². The summed E-state index contributed by atoms with van der Waals surface area (Å²) in [6, 6.07) is 4.31. The number of aliphatic carboxylic acids is 1. The van der Waals surface area contributed by atoms with Gasteiger partial charge in [-0.05, 0) is 35.8 Å². The standard InChI is InChI=1S/C17H23FO3/c1-2-3-4-5-6-11-21-13-15-7-9-16(18)12-14(15)8-10-17(19)20/h7-10,12H,2-6,11,13H2,1H3,(H,19,20). The van der Waals surface area contributed by atoms with E-state index >= 15 is 0 Å². The van der Waals surface area contributed by atoms with Crippen molar-refractivity contribution >= 4 is 12.0 Å². The van der Waals surface area contributed by atoms with Gasteiger partial charge >= 0.3 is 5.97 Å². The van der Waals surface area contributed by atoms with Crippen LogP contribution in [0, 0.1) is 5.82 Å². The zero-order valence-corrected chi connectivity index (χ0v) is 12.5. The second-order valence-corrected chi connectivity index (χ2v) is 4.98. The third-order valence-corrected chi connectivity index (χ3v) is 3.16. The van der Waals surface area contributed by atoms with Gasteiger partial charge in [0.2, 0.25) is 0 Å². The number of hydrogen-bond donors (Lipinski definition) is 1. The van der Waals surface area contributed by atoms with Crippen LogP contribution >= 0.6 is 0 Å². The van der Waals surface area contributed by atoms with Gasteiger partial charge in [-0.15, -0.1) is 0 Å². The molecular formula is C17H23FO3. The van der Waals surface area contributed by atoms with Gasteiger partial charge in [0.25, 0.3) is 0 Å². The highest BCUT2D eigenvalue weighted by atomic mass is 19.1. The van der Waals surface area contributed by atoms with Crippen LogP contribution in [0.3, 0.4) is 0 Å². The third-order valence-electron chi connectivity index (χ3n) is 3.16. The number of ether oxygens (including phenoxy) is 1. The minimum atomic E-state index is -1.05. The van der Waals surface area contributed by atoms with Crippen LogP contribution in [0.5, 0.6) is 0 Å². The summed E-state index contributed by atoms with van der Waals surface area (Å²) in [5.74, 6) is -1.44. The first-order valence-electron chi connectivity index (χ1n) is 7.40. The highest BCUT2D eigenvalue weighted by Crippen LogP contribution is 2.15. The van der Waals surface area contributed by atoms with Crippen molar-refractivity contribution in [1.82, 2.24) is 0 Å². The zero-order chi connectivity index (χ0) is 15.5. The maximum absolute atomic E-state index is 13.2. The average molecular weight is 294 g/mol. The molecule has 1 rings (SSSR count). The molecule has 0 aliphatic carbocycles. The first kappa shape index (κ1) is 17.4. The van der Waals surface area contributed by atoms with Crippen LogP contribution in [0.2, 0.25) is 0 Å². The van der Waals surface area contributed by atoms with Crippen molar-refractivity contribution < 1.29 is 19.0 Å². The molecule has 21 heavy (non-hydrogen) atoms. The van der Waals surface area contributed by atoms with Crippen molar-refractivity contribution in [2.75, 3.05) is 6.61 Å². The summed E-state index contributed by atoms with van der Waals surface area (Å²) in [7, 11) is 0. The second kappa shape index (κ2) is 10.1. The normalized spacial score (nSPS) is 11.1. The topological polar surface area (TPSA) is 46.5 Å². The summed E-state index contributed by atoms with van der Waals surface area (Å²) >= 11 is 0. The molecule has 0 bridgehead atoms. The fourth-order valence-electron chi connectivity index (χ4n) is 2.00. The number of unbranched alkanes of at least 4 members (excludes halogenated alkanes) is 4. The van der Waals surface area contributed by atoms with E-state index < -0.39 is 5.97 Å². The van der Waals surface area contributed by atoms with Crippen LogP contribution in [-0.4, -0.2) is 17.7 Å². The van der Waals surface area contributed by atoms with Crippen LogP contribution in [0.1, 0.15) is 50.2 Å². The summed E-state index contributed by atoms with van der Waals surface area (Å²) in [5, 5.41) is 8.64. The molecule has 116 valence electrons. The van der Waals surface area contributed by atoms with E-state index in [-0.39, 0.29) is 5.82 Å². The number of carbonyl (C=O) groups is 1. The fraction of sp³-hybridized carbons (Fsp3) is 0.471. The molecule has 0 amide bonds. The molecule has 0 unspecified atom stereocenters. The van der Waals surface area contributed by atoms with Gasteiger partial charge in [0.1, 0.15) is 5.82 Å². The SMILES string of the molecule is CCCCCCCOCc1ccc(F)cc1C=CC(=O)O. The summed E-state index contributed by atoms with van der Waals surface area (Å²) in [4.78, 5) is 10.5. The van der Waals surface area contributed by atoms with Gasteiger partial charge in [-0.1, -0.05) is 38.7 Å². The molecule has 1 N–H and O–H groups in total. The Kier molecular flexibility index (Phi) is 8.36. The highest BCUT2D eigenvalue weighted by Gasteiger charge is 2.03. The van der Waals surface area contributed by atoms with Gasteiger partial charge in [0.05, 0.1) is 6.61 Å². The first-order chi connectivity index (χ1) is 10.1. The average Bonchev–Trinajstić information content (AvgIpc) is 2.45. The smallest absolute Gasteiger partial charge is 0.328 e. The molecule has 0 spiro atoms. The fourth-order valence-corrected chi connectivity index (χ4v) is 2.00. The van der Waals surface area contributed by atoms with Gasteiger partial charge < -0.3 is 9.84 Å². The van der Waals surface area contributed by atoms with Crippen LogP contribution in [0.15, 0.2) is 24.3 Å². The molecule has 4 heteroatoms. The molecule has 0 aliphatic heterocycles. The van der Waals surface area contributed by atoms with E-state index in [4.69, 9.17) is 9.84 Å². The Hall–Kier alpha value is -1.68. The first-order valence-corrected chi connectivity index (χ1v) is 7.40. The number of halogens is 1. The van der Waals surface area contributed by atoms with Crippen molar-refractivity contribution in [3.63, 3.8) is 0 Å². The maximum Gasteiger partial charge on any atom is 0.328 e. The minimum Gasteiger partial charge on any atom is -0.478 e. The molecule has 1 aromatic carbocycles. The van der Waals surface area contributed by atoms with E-state index in [2.05, 4.69) is 6.92 Å². The molecule has 0 saturated carbocycles. The van der Waals surface area contributed by atoms with E-state index in [1.165, 1.54) is 37.5 Å². The molecule has 0 fully saturated rings. The molecule has 3 nitrogen and oxygen atoms in total. The van der Waals surface area contributed by atoms with Crippen molar-refractivity contribution in [2.45, 2.75) is 45.6 Å². The predicted octanol–water partition coefficient (Wildman–Crippen LogP) is 4.41. The maximum atomic E-state index is 13.2. The molecule has 0 aliphatic rings. The van der Waals surface area contributed by atoms with Crippen LogP contribution < -0.4 is 0 Å². The van der Waals surface area contributed by atoms with Crippen molar-refractivity contribution in [3.05, 3.63) is 41.2 Å². The van der Waals surface area contributed by atoms with Crippen LogP contribution in [0.25, 0.3) is 6.08 Å². The molecule has 0 radical (unpaired) electrons. The van der Waals surface area contributed by atoms with E-state index in [0.717, 1.165) is 24.5 Å². The lowest BCUT2D eigenvalue weighted by Crippen LogP contribution is -1.98. The Labute approximate surface area is 125 Å². The Morgan fingerprint density at radius 2 is 2.05 bits per heavy atom. The van der Waals surface area contributed by atoms with Crippen molar-refractivity contribution in [2.24, 2.45) is 0 Å². The Morgan fingerprint density at radius 3 is 2.76 bits per heavy atom. The van der Waals surface area contributed by atoms with Crippen molar-refractivity contribution in [3.8, 4) is 0 Å². The zero-order valence-electron chi connectivity index (χ0n) is 12.5. The molecule has 1 aromatic rings. The summed E-state index contributed by atoms with van der Waals surface area (Å²) < 4.78 is 18.8. The largest absolute Gasteiger partial charge is 0.478 e.